The zero-order valence-electron chi connectivity index (χ0n) is 12.0. The first kappa shape index (κ1) is 15.4. The van der Waals surface area contributed by atoms with Gasteiger partial charge in [0.25, 0.3) is 0 Å². The fourth-order valence-corrected chi connectivity index (χ4v) is 3.25. The van der Waals surface area contributed by atoms with Gasteiger partial charge in [-0.05, 0) is 67.2 Å². The molecule has 0 aliphatic heterocycles. The predicted octanol–water partition coefficient (Wildman–Crippen LogP) is 3.46. The van der Waals surface area contributed by atoms with Gasteiger partial charge in [-0.3, -0.25) is 4.68 Å². The third kappa shape index (κ3) is 3.38. The van der Waals surface area contributed by atoms with Crippen LogP contribution in [0.3, 0.4) is 0 Å². The van der Waals surface area contributed by atoms with Crippen molar-refractivity contribution in [1.82, 2.24) is 15.1 Å². The van der Waals surface area contributed by atoms with Crippen molar-refractivity contribution in [2.24, 2.45) is 0 Å². The van der Waals surface area contributed by atoms with Gasteiger partial charge < -0.3 is 5.32 Å². The first-order chi connectivity index (χ1) is 9.55. The zero-order chi connectivity index (χ0) is 14.7. The van der Waals surface area contributed by atoms with E-state index >= 15 is 0 Å². The van der Waals surface area contributed by atoms with E-state index in [1.165, 1.54) is 11.8 Å². The molecule has 0 spiro atoms. The number of likely N-dealkylation sites (N-methyl/N-ethyl adjacent to an activating group) is 1. The molecule has 1 N–H and O–H groups in total. The molecule has 1 aromatic carbocycles. The van der Waals surface area contributed by atoms with E-state index in [0.29, 0.717) is 0 Å². The van der Waals surface area contributed by atoms with E-state index in [-0.39, 0.29) is 11.9 Å². The van der Waals surface area contributed by atoms with Gasteiger partial charge in [0.1, 0.15) is 5.82 Å². The summed E-state index contributed by atoms with van der Waals surface area (Å²) in [4.78, 5) is 0. The molecule has 1 unspecified atom stereocenters. The Labute approximate surface area is 132 Å². The smallest absolute Gasteiger partial charge is 0.124 e. The number of benzene rings is 1. The Kier molecular flexibility index (Phi) is 5.15. The summed E-state index contributed by atoms with van der Waals surface area (Å²) in [7, 11) is 1.93. The second kappa shape index (κ2) is 6.67. The molecule has 20 heavy (non-hydrogen) atoms. The number of nitrogens with one attached hydrogen (secondary N) is 1. The average molecular weight is 387 g/mol. The Hall–Kier alpha value is -0.950. The van der Waals surface area contributed by atoms with Crippen molar-refractivity contribution in [3.63, 3.8) is 0 Å². The molecular weight excluding hydrogens is 368 g/mol. The summed E-state index contributed by atoms with van der Waals surface area (Å²) in [6.45, 7) is 4.96. The maximum atomic E-state index is 13.2. The molecule has 1 atom stereocenters. The number of rotatable bonds is 5. The van der Waals surface area contributed by atoms with Crippen molar-refractivity contribution in [2.45, 2.75) is 32.9 Å². The summed E-state index contributed by atoms with van der Waals surface area (Å²) in [5.74, 6) is -0.192. The molecule has 0 radical (unpaired) electrons. The van der Waals surface area contributed by atoms with Gasteiger partial charge in [0.05, 0.1) is 5.69 Å². The van der Waals surface area contributed by atoms with Crippen molar-refractivity contribution in [3.05, 3.63) is 50.6 Å². The number of aryl methyl sites for hydroxylation is 2. The van der Waals surface area contributed by atoms with Gasteiger partial charge in [-0.25, -0.2) is 4.39 Å². The predicted molar refractivity (Wildman–Crippen MR) is 87.3 cm³/mol. The molecule has 0 amide bonds. The minimum atomic E-state index is -0.192. The van der Waals surface area contributed by atoms with E-state index in [2.05, 4.69) is 46.0 Å². The lowest BCUT2D eigenvalue weighted by Crippen LogP contribution is -2.21. The minimum absolute atomic E-state index is 0.156. The zero-order valence-corrected chi connectivity index (χ0v) is 14.1. The van der Waals surface area contributed by atoms with E-state index in [4.69, 9.17) is 0 Å². The highest BCUT2D eigenvalue weighted by molar-refractivity contribution is 14.1. The number of nitrogens with zero attached hydrogens (tertiary/aromatic N) is 2. The lowest BCUT2D eigenvalue weighted by Gasteiger charge is -2.18. The molecule has 0 saturated carbocycles. The van der Waals surface area contributed by atoms with E-state index in [0.717, 1.165) is 27.8 Å². The van der Waals surface area contributed by atoms with E-state index in [9.17, 15) is 4.39 Å². The summed E-state index contributed by atoms with van der Waals surface area (Å²) in [5, 5.41) is 7.79. The van der Waals surface area contributed by atoms with Crippen molar-refractivity contribution in [2.75, 3.05) is 7.05 Å². The molecule has 1 aromatic heterocycles. The lowest BCUT2D eigenvalue weighted by molar-refractivity contribution is 0.537. The van der Waals surface area contributed by atoms with Gasteiger partial charge in [-0.2, -0.15) is 5.10 Å². The van der Waals surface area contributed by atoms with Crippen LogP contribution in [0.25, 0.3) is 0 Å². The van der Waals surface area contributed by atoms with Gasteiger partial charge in [0.15, 0.2) is 0 Å². The largest absolute Gasteiger partial charge is 0.313 e. The quantitative estimate of drug-likeness (QED) is 0.797. The lowest BCUT2D eigenvalue weighted by atomic mass is 10.0. The Morgan fingerprint density at radius 1 is 1.40 bits per heavy atom. The van der Waals surface area contributed by atoms with Crippen LogP contribution in [-0.4, -0.2) is 16.8 Å². The maximum absolute atomic E-state index is 13.2. The van der Waals surface area contributed by atoms with Crippen molar-refractivity contribution >= 4 is 22.6 Å². The van der Waals surface area contributed by atoms with Crippen molar-refractivity contribution in [1.29, 1.82) is 0 Å². The van der Waals surface area contributed by atoms with Gasteiger partial charge in [0.2, 0.25) is 0 Å². The Balaban J connectivity index is 2.28. The van der Waals surface area contributed by atoms with Gasteiger partial charge in [-0.1, -0.05) is 6.07 Å². The average Bonchev–Trinajstić information content (AvgIpc) is 2.76. The normalized spacial score (nSPS) is 12.7. The second-order valence-corrected chi connectivity index (χ2v) is 5.97. The van der Waals surface area contributed by atoms with Crippen LogP contribution in [0.15, 0.2) is 24.3 Å². The van der Waals surface area contributed by atoms with Crippen molar-refractivity contribution in [3.8, 4) is 0 Å². The van der Waals surface area contributed by atoms with E-state index in [1.54, 1.807) is 6.07 Å². The molecular formula is C15H19FIN3. The van der Waals surface area contributed by atoms with Gasteiger partial charge in [-0.15, -0.1) is 0 Å². The van der Waals surface area contributed by atoms with Crippen LogP contribution >= 0.6 is 22.6 Å². The van der Waals surface area contributed by atoms with Crippen LogP contribution in [0.4, 0.5) is 4.39 Å². The third-order valence-corrected chi connectivity index (χ3v) is 4.32. The minimum Gasteiger partial charge on any atom is -0.313 e. The highest BCUT2D eigenvalue weighted by atomic mass is 127. The van der Waals surface area contributed by atoms with Crippen LogP contribution < -0.4 is 5.32 Å². The molecule has 0 bridgehead atoms. The molecule has 1 heterocycles. The first-order valence-corrected chi connectivity index (χ1v) is 7.78. The summed E-state index contributed by atoms with van der Waals surface area (Å²) in [6, 6.07) is 7.22. The summed E-state index contributed by atoms with van der Waals surface area (Å²) in [5.41, 5.74) is 3.35. The maximum Gasteiger partial charge on any atom is 0.124 e. The van der Waals surface area contributed by atoms with Crippen molar-refractivity contribution < 1.29 is 4.39 Å². The second-order valence-electron chi connectivity index (χ2n) is 4.80. The number of hydrogen-bond donors (Lipinski definition) is 1. The van der Waals surface area contributed by atoms with E-state index in [1.807, 2.05) is 24.7 Å². The van der Waals surface area contributed by atoms with Crippen LogP contribution in [0.1, 0.15) is 29.9 Å². The molecule has 0 saturated heterocycles. The van der Waals surface area contributed by atoms with Crippen LogP contribution in [-0.2, 0) is 13.0 Å². The summed E-state index contributed by atoms with van der Waals surface area (Å²) in [6.07, 6.45) is 0.840. The monoisotopic (exact) mass is 387 g/mol. The van der Waals surface area contributed by atoms with Crippen LogP contribution in [0.2, 0.25) is 0 Å². The molecule has 2 rings (SSSR count). The Bertz CT molecular complexity index is 595. The van der Waals surface area contributed by atoms with Crippen LogP contribution in [0, 0.1) is 16.3 Å². The highest BCUT2D eigenvalue weighted by Gasteiger charge is 2.16. The summed E-state index contributed by atoms with van der Waals surface area (Å²) < 4.78 is 16.2. The molecule has 5 heteroatoms. The number of aromatic nitrogens is 2. The molecule has 0 fully saturated rings. The molecule has 108 valence electrons. The molecule has 0 aliphatic rings. The highest BCUT2D eigenvalue weighted by Crippen LogP contribution is 2.24. The van der Waals surface area contributed by atoms with Gasteiger partial charge >= 0.3 is 0 Å². The Morgan fingerprint density at radius 3 is 2.75 bits per heavy atom. The number of halogens is 2. The first-order valence-electron chi connectivity index (χ1n) is 6.70. The molecule has 3 nitrogen and oxygen atoms in total. The Morgan fingerprint density at radius 2 is 2.15 bits per heavy atom. The third-order valence-electron chi connectivity index (χ3n) is 3.38. The van der Waals surface area contributed by atoms with Gasteiger partial charge in [0, 0.05) is 28.3 Å². The number of hydrogen-bond acceptors (Lipinski definition) is 2. The molecule has 2 aromatic rings. The van der Waals surface area contributed by atoms with E-state index < -0.39 is 0 Å². The topological polar surface area (TPSA) is 29.9 Å². The van der Waals surface area contributed by atoms with Crippen LogP contribution in [0.5, 0.6) is 0 Å². The standard InChI is InChI=1S/C15H19FIN3/c1-4-20-12(7-10(2)19-20)9-15(18-3)13-6-5-11(16)8-14(13)17/h5-8,15,18H,4,9H2,1-3H3. The fraction of sp³-hybridized carbons (Fsp3) is 0.400. The molecule has 0 aliphatic carbocycles. The SMILES string of the molecule is CCn1nc(C)cc1CC(NC)c1ccc(F)cc1I. The summed E-state index contributed by atoms with van der Waals surface area (Å²) >= 11 is 2.19. The fourth-order valence-electron chi connectivity index (χ4n) is 2.40.